The van der Waals surface area contributed by atoms with Crippen LogP contribution in [0.4, 0.5) is 13.2 Å². The molecule has 0 atom stereocenters. The van der Waals surface area contributed by atoms with Crippen LogP contribution >= 0.6 is 0 Å². The molecule has 2 aromatic rings. The van der Waals surface area contributed by atoms with E-state index in [2.05, 4.69) is 22.2 Å². The highest BCUT2D eigenvalue weighted by Gasteiger charge is 2.30. The van der Waals surface area contributed by atoms with Crippen molar-refractivity contribution in [3.8, 4) is 23.3 Å². The van der Waals surface area contributed by atoms with Crippen LogP contribution in [-0.2, 0) is 12.7 Å². The van der Waals surface area contributed by atoms with Gasteiger partial charge in [0.1, 0.15) is 0 Å². The number of nitrogens with two attached hydrogens (primary N) is 1. The second kappa shape index (κ2) is 9.55. The van der Waals surface area contributed by atoms with E-state index in [-0.39, 0.29) is 18.1 Å². The summed E-state index contributed by atoms with van der Waals surface area (Å²) in [4.78, 5) is 4.19. The standard InChI is InChI=1S/C20H20F3N3O2/c1-27-17-9-8-15(12-18(17)28-2)13-26-19(24)25-10-4-6-14-5-3-7-16(11-14)20(21,22)23/h3,5,7-9,11-12H,10,13H2,1-2H3,(H3,24,25,26). The van der Waals surface area contributed by atoms with Gasteiger partial charge in [-0.2, -0.15) is 13.2 Å². The van der Waals surface area contributed by atoms with Gasteiger partial charge in [-0.1, -0.05) is 24.0 Å². The van der Waals surface area contributed by atoms with Crippen LogP contribution in [0, 0.1) is 11.8 Å². The Kier molecular flexibility index (Phi) is 7.15. The highest BCUT2D eigenvalue weighted by atomic mass is 19.4. The third-order valence-electron chi connectivity index (χ3n) is 3.66. The highest BCUT2D eigenvalue weighted by molar-refractivity contribution is 5.78. The van der Waals surface area contributed by atoms with Crippen molar-refractivity contribution < 1.29 is 22.6 Å². The molecule has 2 aromatic carbocycles. The molecule has 0 fully saturated rings. The molecule has 0 aromatic heterocycles. The van der Waals surface area contributed by atoms with Crippen LogP contribution in [0.2, 0.25) is 0 Å². The number of methoxy groups -OCH3 is 2. The Labute approximate surface area is 161 Å². The van der Waals surface area contributed by atoms with E-state index in [1.165, 1.54) is 12.1 Å². The SMILES string of the molecule is COc1ccc(CN=C(N)NCC#Cc2cccc(C(F)(F)F)c2)cc1OC. The first kappa shape index (κ1) is 21.0. The molecular formula is C20H20F3N3O2. The molecule has 0 spiro atoms. The number of guanidine groups is 1. The van der Waals surface area contributed by atoms with Gasteiger partial charge in [0.25, 0.3) is 0 Å². The maximum atomic E-state index is 12.7. The number of ether oxygens (including phenoxy) is 2. The summed E-state index contributed by atoms with van der Waals surface area (Å²) in [7, 11) is 3.10. The molecule has 0 aliphatic carbocycles. The minimum Gasteiger partial charge on any atom is -0.493 e. The normalized spacial score (nSPS) is 11.4. The molecule has 148 valence electrons. The number of aliphatic imine (C=N–C) groups is 1. The van der Waals surface area contributed by atoms with Crippen molar-refractivity contribution in [2.75, 3.05) is 20.8 Å². The summed E-state index contributed by atoms with van der Waals surface area (Å²) in [5, 5.41) is 2.80. The van der Waals surface area contributed by atoms with Crippen molar-refractivity contribution in [1.29, 1.82) is 0 Å². The number of hydrogen-bond acceptors (Lipinski definition) is 3. The minimum absolute atomic E-state index is 0.150. The zero-order chi connectivity index (χ0) is 20.6. The lowest BCUT2D eigenvalue weighted by atomic mass is 10.1. The van der Waals surface area contributed by atoms with E-state index < -0.39 is 11.7 Å². The molecule has 0 saturated heterocycles. The molecule has 0 aliphatic heterocycles. The predicted molar refractivity (Wildman–Crippen MR) is 101 cm³/mol. The van der Waals surface area contributed by atoms with Crippen LogP contribution in [0.5, 0.6) is 11.5 Å². The van der Waals surface area contributed by atoms with E-state index in [0.717, 1.165) is 17.7 Å². The van der Waals surface area contributed by atoms with Crippen molar-refractivity contribution >= 4 is 5.96 Å². The largest absolute Gasteiger partial charge is 0.493 e. The third kappa shape index (κ3) is 6.13. The van der Waals surface area contributed by atoms with Crippen LogP contribution < -0.4 is 20.5 Å². The number of hydrogen-bond donors (Lipinski definition) is 2. The first-order chi connectivity index (χ1) is 13.3. The molecule has 0 unspecified atom stereocenters. The van der Waals surface area contributed by atoms with Crippen LogP contribution in [0.15, 0.2) is 47.5 Å². The first-order valence-electron chi connectivity index (χ1n) is 8.24. The topological polar surface area (TPSA) is 68.9 Å². The number of nitrogens with zero attached hydrogens (tertiary/aromatic N) is 1. The van der Waals surface area contributed by atoms with Crippen molar-refractivity contribution in [2.24, 2.45) is 10.7 Å². The Balaban J connectivity index is 1.91. The fourth-order valence-corrected chi connectivity index (χ4v) is 2.27. The fraction of sp³-hybridized carbons (Fsp3) is 0.250. The molecule has 0 aliphatic rings. The molecule has 0 amide bonds. The summed E-state index contributed by atoms with van der Waals surface area (Å²) in [5.41, 5.74) is 6.19. The summed E-state index contributed by atoms with van der Waals surface area (Å²) in [6, 6.07) is 10.2. The van der Waals surface area contributed by atoms with Crippen molar-refractivity contribution in [1.82, 2.24) is 5.32 Å². The number of halogens is 3. The number of nitrogens with one attached hydrogen (secondary N) is 1. The van der Waals surface area contributed by atoms with Gasteiger partial charge in [0, 0.05) is 5.56 Å². The average Bonchev–Trinajstić information content (AvgIpc) is 2.69. The van der Waals surface area contributed by atoms with Gasteiger partial charge in [0.05, 0.1) is 32.9 Å². The minimum atomic E-state index is -4.39. The third-order valence-corrected chi connectivity index (χ3v) is 3.66. The Bertz CT molecular complexity index is 900. The Morgan fingerprint density at radius 3 is 2.54 bits per heavy atom. The summed E-state index contributed by atoms with van der Waals surface area (Å²) in [6.45, 7) is 0.470. The molecule has 5 nitrogen and oxygen atoms in total. The van der Waals surface area contributed by atoms with E-state index in [9.17, 15) is 13.2 Å². The van der Waals surface area contributed by atoms with Crippen molar-refractivity contribution in [3.63, 3.8) is 0 Å². The Morgan fingerprint density at radius 2 is 1.86 bits per heavy atom. The monoisotopic (exact) mass is 391 g/mol. The van der Waals surface area contributed by atoms with Crippen LogP contribution in [-0.4, -0.2) is 26.7 Å². The molecule has 28 heavy (non-hydrogen) atoms. The van der Waals surface area contributed by atoms with E-state index in [0.29, 0.717) is 18.0 Å². The zero-order valence-corrected chi connectivity index (χ0v) is 15.4. The zero-order valence-electron chi connectivity index (χ0n) is 15.4. The van der Waals surface area contributed by atoms with E-state index in [1.54, 1.807) is 26.4 Å². The van der Waals surface area contributed by atoms with E-state index in [1.807, 2.05) is 6.07 Å². The summed E-state index contributed by atoms with van der Waals surface area (Å²) >= 11 is 0. The lowest BCUT2D eigenvalue weighted by Gasteiger charge is -2.08. The maximum Gasteiger partial charge on any atom is 0.416 e. The molecule has 2 rings (SSSR count). The van der Waals surface area contributed by atoms with Crippen LogP contribution in [0.25, 0.3) is 0 Å². The Hall–Kier alpha value is -3.34. The van der Waals surface area contributed by atoms with E-state index in [4.69, 9.17) is 15.2 Å². The fourth-order valence-electron chi connectivity index (χ4n) is 2.27. The molecule has 0 radical (unpaired) electrons. The van der Waals surface area contributed by atoms with Gasteiger partial charge in [0.15, 0.2) is 17.5 Å². The molecule has 0 saturated carbocycles. The predicted octanol–water partition coefficient (Wildman–Crippen LogP) is 3.18. The quantitative estimate of drug-likeness (QED) is 0.467. The summed E-state index contributed by atoms with van der Waals surface area (Å²) < 4.78 is 48.4. The number of benzene rings is 2. The van der Waals surface area contributed by atoms with Gasteiger partial charge in [-0.25, -0.2) is 4.99 Å². The summed E-state index contributed by atoms with van der Waals surface area (Å²) in [6.07, 6.45) is -4.39. The van der Waals surface area contributed by atoms with Crippen LogP contribution in [0.3, 0.4) is 0 Å². The summed E-state index contributed by atoms with van der Waals surface area (Å²) in [5.74, 6) is 6.76. The van der Waals surface area contributed by atoms with Gasteiger partial charge >= 0.3 is 6.18 Å². The molecule has 0 heterocycles. The number of alkyl halides is 3. The molecule has 3 N–H and O–H groups in total. The number of rotatable bonds is 5. The van der Waals surface area contributed by atoms with Crippen molar-refractivity contribution in [3.05, 3.63) is 59.2 Å². The average molecular weight is 391 g/mol. The van der Waals surface area contributed by atoms with Gasteiger partial charge in [-0.15, -0.1) is 0 Å². The van der Waals surface area contributed by atoms with Gasteiger partial charge < -0.3 is 20.5 Å². The molecule has 0 bridgehead atoms. The second-order valence-electron chi connectivity index (χ2n) is 5.62. The van der Waals surface area contributed by atoms with Crippen molar-refractivity contribution in [2.45, 2.75) is 12.7 Å². The second-order valence-corrected chi connectivity index (χ2v) is 5.62. The van der Waals surface area contributed by atoms with Gasteiger partial charge in [-0.3, -0.25) is 0 Å². The maximum absolute atomic E-state index is 12.7. The lowest BCUT2D eigenvalue weighted by Crippen LogP contribution is -2.31. The molecule has 8 heteroatoms. The van der Waals surface area contributed by atoms with E-state index >= 15 is 0 Å². The first-order valence-corrected chi connectivity index (χ1v) is 8.24. The smallest absolute Gasteiger partial charge is 0.416 e. The highest BCUT2D eigenvalue weighted by Crippen LogP contribution is 2.29. The lowest BCUT2D eigenvalue weighted by molar-refractivity contribution is -0.137. The Morgan fingerprint density at radius 1 is 1.11 bits per heavy atom. The van der Waals surface area contributed by atoms with Crippen LogP contribution in [0.1, 0.15) is 16.7 Å². The molecular weight excluding hydrogens is 371 g/mol. The van der Waals surface area contributed by atoms with Gasteiger partial charge in [-0.05, 0) is 35.9 Å². The van der Waals surface area contributed by atoms with Gasteiger partial charge in [0.2, 0.25) is 0 Å².